The number of likely N-dealkylation sites (tertiary alicyclic amines) is 1. The Hall–Kier alpha value is -1.28. The number of benzene rings is 1. The first-order valence-electron chi connectivity index (χ1n) is 8.34. The lowest BCUT2D eigenvalue weighted by molar-refractivity contribution is 0.118. The van der Waals surface area contributed by atoms with Crippen LogP contribution in [0.25, 0.3) is 0 Å². The van der Waals surface area contributed by atoms with E-state index in [2.05, 4.69) is 48.7 Å². The minimum absolute atomic E-state index is 0.271. The summed E-state index contributed by atoms with van der Waals surface area (Å²) in [5.41, 5.74) is 1.69. The van der Waals surface area contributed by atoms with Crippen molar-refractivity contribution in [2.45, 2.75) is 51.7 Å². The topological polar surface area (TPSA) is 12.5 Å². The van der Waals surface area contributed by atoms with Gasteiger partial charge in [0.05, 0.1) is 11.9 Å². The summed E-state index contributed by atoms with van der Waals surface area (Å²) in [7, 11) is 0. The van der Waals surface area contributed by atoms with Gasteiger partial charge in [-0.15, -0.1) is 0 Å². The van der Waals surface area contributed by atoms with Gasteiger partial charge in [0, 0.05) is 12.0 Å². The van der Waals surface area contributed by atoms with Gasteiger partial charge in [-0.05, 0) is 44.3 Å². The smallest absolute Gasteiger partial charge is 0.0992 e. The van der Waals surface area contributed by atoms with Gasteiger partial charge < -0.3 is 4.74 Å². The molecule has 2 aliphatic heterocycles. The van der Waals surface area contributed by atoms with Gasteiger partial charge in [0.2, 0.25) is 0 Å². The highest BCUT2D eigenvalue weighted by Crippen LogP contribution is 2.49. The number of rotatable bonds is 4. The van der Waals surface area contributed by atoms with Crippen molar-refractivity contribution in [1.82, 2.24) is 4.90 Å². The second kappa shape index (κ2) is 6.23. The van der Waals surface area contributed by atoms with Crippen molar-refractivity contribution in [3.8, 4) is 0 Å². The van der Waals surface area contributed by atoms with E-state index >= 15 is 0 Å². The molecule has 2 heteroatoms. The third kappa shape index (κ3) is 3.16. The fourth-order valence-corrected chi connectivity index (χ4v) is 3.86. The monoisotopic (exact) mass is 285 g/mol. The van der Waals surface area contributed by atoms with Gasteiger partial charge in [0.25, 0.3) is 0 Å². The van der Waals surface area contributed by atoms with Gasteiger partial charge in [-0.3, -0.25) is 4.90 Å². The molecule has 21 heavy (non-hydrogen) atoms. The Morgan fingerprint density at radius 3 is 2.62 bits per heavy atom. The van der Waals surface area contributed by atoms with E-state index in [9.17, 15) is 0 Å². The number of hydrogen-bond acceptors (Lipinski definition) is 2. The van der Waals surface area contributed by atoms with Crippen molar-refractivity contribution in [3.05, 3.63) is 48.2 Å². The third-order valence-corrected chi connectivity index (χ3v) is 5.19. The van der Waals surface area contributed by atoms with Crippen LogP contribution in [0.2, 0.25) is 0 Å². The number of allylic oxidation sites excluding steroid dienone is 1. The Bertz CT molecular complexity index is 474. The lowest BCUT2D eigenvalue weighted by Gasteiger charge is -2.38. The molecule has 1 unspecified atom stereocenters. The van der Waals surface area contributed by atoms with E-state index in [1.807, 2.05) is 0 Å². The van der Waals surface area contributed by atoms with Crippen LogP contribution in [0.5, 0.6) is 0 Å². The molecular formula is C19H27NO. The standard InChI is InChI=1S/C19H27NO/c1-3-7-18-14-19(16(2)21-18)10-12-20(13-11-19)15-17-8-5-4-6-9-17/h4-6,8-9,18H,2-3,7,10-15H2,1H3. The van der Waals surface area contributed by atoms with Gasteiger partial charge in [0.1, 0.15) is 0 Å². The fourth-order valence-electron chi connectivity index (χ4n) is 3.86. The maximum absolute atomic E-state index is 6.04. The summed E-state index contributed by atoms with van der Waals surface area (Å²) in [6.07, 6.45) is 6.40. The first kappa shape index (κ1) is 14.6. The van der Waals surface area contributed by atoms with Crippen molar-refractivity contribution in [1.29, 1.82) is 0 Å². The second-order valence-electron chi connectivity index (χ2n) is 6.70. The van der Waals surface area contributed by atoms with Gasteiger partial charge >= 0.3 is 0 Å². The van der Waals surface area contributed by atoms with E-state index in [4.69, 9.17) is 4.74 Å². The molecule has 2 aliphatic rings. The van der Waals surface area contributed by atoms with Crippen LogP contribution >= 0.6 is 0 Å². The van der Waals surface area contributed by atoms with E-state index in [1.165, 1.54) is 37.7 Å². The molecular weight excluding hydrogens is 258 g/mol. The quantitative estimate of drug-likeness (QED) is 0.814. The Morgan fingerprint density at radius 1 is 1.24 bits per heavy atom. The molecule has 0 bridgehead atoms. The third-order valence-electron chi connectivity index (χ3n) is 5.19. The molecule has 0 amide bonds. The molecule has 1 aromatic carbocycles. The zero-order valence-corrected chi connectivity index (χ0v) is 13.2. The molecule has 114 valence electrons. The summed E-state index contributed by atoms with van der Waals surface area (Å²) in [5.74, 6) is 1.07. The van der Waals surface area contributed by atoms with Crippen molar-refractivity contribution in [3.63, 3.8) is 0 Å². The summed E-state index contributed by atoms with van der Waals surface area (Å²) >= 11 is 0. The van der Waals surface area contributed by atoms with Gasteiger partial charge in [-0.2, -0.15) is 0 Å². The summed E-state index contributed by atoms with van der Waals surface area (Å²) in [6.45, 7) is 9.87. The highest BCUT2D eigenvalue weighted by atomic mass is 16.5. The Balaban J connectivity index is 1.56. The van der Waals surface area contributed by atoms with E-state index < -0.39 is 0 Å². The normalized spacial score (nSPS) is 25.2. The maximum atomic E-state index is 6.04. The van der Waals surface area contributed by atoms with Crippen LogP contribution in [0.15, 0.2) is 42.7 Å². The molecule has 1 spiro atoms. The van der Waals surface area contributed by atoms with Crippen LogP contribution in [-0.2, 0) is 11.3 Å². The Morgan fingerprint density at radius 2 is 1.95 bits per heavy atom. The SMILES string of the molecule is C=C1OC(CCC)CC12CCN(Cc1ccccc1)CC2. The Labute approximate surface area is 128 Å². The van der Waals surface area contributed by atoms with Crippen LogP contribution in [0.3, 0.4) is 0 Å². The summed E-state index contributed by atoms with van der Waals surface area (Å²) < 4.78 is 6.04. The van der Waals surface area contributed by atoms with Crippen LogP contribution < -0.4 is 0 Å². The minimum Gasteiger partial charge on any atom is -0.495 e. The summed E-state index contributed by atoms with van der Waals surface area (Å²) in [4.78, 5) is 2.57. The first-order chi connectivity index (χ1) is 10.2. The molecule has 2 nitrogen and oxygen atoms in total. The van der Waals surface area contributed by atoms with Gasteiger partial charge in [0.15, 0.2) is 0 Å². The lowest BCUT2D eigenvalue weighted by atomic mass is 9.74. The molecule has 2 heterocycles. The maximum Gasteiger partial charge on any atom is 0.0992 e. The molecule has 0 aliphatic carbocycles. The molecule has 0 radical (unpaired) electrons. The highest BCUT2D eigenvalue weighted by Gasteiger charge is 2.45. The van der Waals surface area contributed by atoms with Gasteiger partial charge in [-0.1, -0.05) is 50.3 Å². The first-order valence-corrected chi connectivity index (χ1v) is 8.34. The van der Waals surface area contributed by atoms with E-state index in [-0.39, 0.29) is 5.41 Å². The largest absolute Gasteiger partial charge is 0.495 e. The molecule has 1 aromatic rings. The van der Waals surface area contributed by atoms with Crippen LogP contribution in [-0.4, -0.2) is 24.1 Å². The van der Waals surface area contributed by atoms with Crippen molar-refractivity contribution in [2.24, 2.45) is 5.41 Å². The second-order valence-corrected chi connectivity index (χ2v) is 6.70. The minimum atomic E-state index is 0.271. The molecule has 2 saturated heterocycles. The van der Waals surface area contributed by atoms with E-state index in [0.29, 0.717) is 6.10 Å². The fraction of sp³-hybridized carbons (Fsp3) is 0.579. The molecule has 0 saturated carbocycles. The number of ether oxygens (including phenoxy) is 1. The van der Waals surface area contributed by atoms with Gasteiger partial charge in [-0.25, -0.2) is 0 Å². The average molecular weight is 285 g/mol. The van der Waals surface area contributed by atoms with Crippen molar-refractivity contribution >= 4 is 0 Å². The van der Waals surface area contributed by atoms with E-state index in [0.717, 1.165) is 25.4 Å². The molecule has 2 fully saturated rings. The molecule has 3 rings (SSSR count). The van der Waals surface area contributed by atoms with Crippen LogP contribution in [0.1, 0.15) is 44.6 Å². The molecule has 0 aromatic heterocycles. The predicted octanol–water partition coefficient (Wildman–Crippen LogP) is 4.37. The van der Waals surface area contributed by atoms with Crippen molar-refractivity contribution in [2.75, 3.05) is 13.1 Å². The highest BCUT2D eigenvalue weighted by molar-refractivity contribution is 5.16. The van der Waals surface area contributed by atoms with E-state index in [1.54, 1.807) is 0 Å². The lowest BCUT2D eigenvalue weighted by Crippen LogP contribution is -2.39. The average Bonchev–Trinajstić information content (AvgIpc) is 2.79. The van der Waals surface area contributed by atoms with Crippen LogP contribution in [0.4, 0.5) is 0 Å². The van der Waals surface area contributed by atoms with Crippen LogP contribution in [0, 0.1) is 5.41 Å². The number of nitrogens with zero attached hydrogens (tertiary/aromatic N) is 1. The molecule has 0 N–H and O–H groups in total. The summed E-state index contributed by atoms with van der Waals surface area (Å²) in [5, 5.41) is 0. The predicted molar refractivity (Wildman–Crippen MR) is 86.9 cm³/mol. The number of piperidine rings is 1. The number of hydrogen-bond donors (Lipinski definition) is 0. The Kier molecular flexibility index (Phi) is 4.34. The zero-order valence-electron chi connectivity index (χ0n) is 13.2. The molecule has 1 atom stereocenters. The zero-order chi connectivity index (χ0) is 14.7. The van der Waals surface area contributed by atoms with Crippen molar-refractivity contribution < 1.29 is 4.74 Å². The summed E-state index contributed by atoms with van der Waals surface area (Å²) in [6, 6.07) is 10.8.